The molecule has 1 rings (SSSR count). The summed E-state index contributed by atoms with van der Waals surface area (Å²) in [7, 11) is 7.62. The van der Waals surface area contributed by atoms with Gasteiger partial charge in [0, 0.05) is 19.2 Å². The third kappa shape index (κ3) is 2.85. The molecule has 0 bridgehead atoms. The number of amides is 1. The number of carbonyl (C=O) groups is 1. The van der Waals surface area contributed by atoms with Gasteiger partial charge < -0.3 is 4.90 Å². The van der Waals surface area contributed by atoms with Gasteiger partial charge >= 0.3 is 0 Å². The maximum absolute atomic E-state index is 11.8. The molecule has 0 aromatic heterocycles. The second kappa shape index (κ2) is 4.52. The van der Waals surface area contributed by atoms with E-state index in [2.05, 4.69) is 0 Å². The Labute approximate surface area is 92.8 Å². The van der Waals surface area contributed by atoms with Gasteiger partial charge in [0.05, 0.1) is 0 Å². The zero-order chi connectivity index (χ0) is 11.6. The van der Waals surface area contributed by atoms with E-state index < -0.39 is 0 Å². The molecule has 2 radical (unpaired) electrons. The molecule has 3 heteroatoms. The zero-order valence-electron chi connectivity index (χ0n) is 9.79. The van der Waals surface area contributed by atoms with Crippen molar-refractivity contribution in [3.05, 3.63) is 34.5 Å². The van der Waals surface area contributed by atoms with Crippen LogP contribution < -0.4 is 0 Å². The van der Waals surface area contributed by atoms with Crippen LogP contribution in [0.15, 0.2) is 34.5 Å². The molecule has 0 aromatic rings. The second-order valence-corrected chi connectivity index (χ2v) is 4.03. The third-order valence-corrected chi connectivity index (χ3v) is 2.67. The Morgan fingerprint density at radius 2 is 1.87 bits per heavy atom. The quantitative estimate of drug-likeness (QED) is 0.550. The highest BCUT2D eigenvalue weighted by molar-refractivity contribution is 6.23. The summed E-state index contributed by atoms with van der Waals surface area (Å²) >= 11 is 0. The average Bonchev–Trinajstić information content (AvgIpc) is 2.15. The molecule has 1 aliphatic heterocycles. The molecule has 1 heterocycles. The minimum atomic E-state index is 0.101. The molecule has 0 saturated heterocycles. The Morgan fingerprint density at radius 3 is 2.47 bits per heavy atom. The van der Waals surface area contributed by atoms with Crippen LogP contribution in [0.25, 0.3) is 0 Å². The molecule has 0 aliphatic carbocycles. The lowest BCUT2D eigenvalue weighted by molar-refractivity contribution is -0.127. The molecule has 78 valence electrons. The van der Waals surface area contributed by atoms with Gasteiger partial charge in [-0.15, -0.1) is 0 Å². The van der Waals surface area contributed by atoms with Crippen molar-refractivity contribution in [1.82, 2.24) is 4.90 Å². The van der Waals surface area contributed by atoms with E-state index in [4.69, 9.17) is 7.85 Å². The Bertz CT molecular complexity index is 377. The van der Waals surface area contributed by atoms with Gasteiger partial charge in [0.25, 0.3) is 0 Å². The van der Waals surface area contributed by atoms with Gasteiger partial charge in [-0.1, -0.05) is 23.2 Å². The monoisotopic (exact) mass is 201 g/mol. The summed E-state index contributed by atoms with van der Waals surface area (Å²) in [4.78, 5) is 13.5. The number of nitrogens with zero attached hydrogens (tertiary/aromatic N) is 1. The predicted molar refractivity (Wildman–Crippen MR) is 63.4 cm³/mol. The topological polar surface area (TPSA) is 20.3 Å². The predicted octanol–water partition coefficient (Wildman–Crippen LogP) is 2.14. The molecule has 0 atom stereocenters. The number of hydrogen-bond donors (Lipinski definition) is 0. The van der Waals surface area contributed by atoms with Crippen LogP contribution in [-0.4, -0.2) is 25.7 Å². The molecule has 1 amide bonds. The van der Waals surface area contributed by atoms with Crippen molar-refractivity contribution in [3.8, 4) is 0 Å². The maximum Gasteiger partial charge on any atom is 0.230 e. The molecule has 0 N–H and O–H groups in total. The van der Waals surface area contributed by atoms with Gasteiger partial charge in [0.2, 0.25) is 5.91 Å². The summed E-state index contributed by atoms with van der Waals surface area (Å²) in [6, 6.07) is 0. The summed E-state index contributed by atoms with van der Waals surface area (Å²) in [5.41, 5.74) is 3.66. The number of carbonyl (C=O) groups excluding carboxylic acids is 1. The smallest absolute Gasteiger partial charge is 0.230 e. The van der Waals surface area contributed by atoms with Crippen LogP contribution in [0.1, 0.15) is 27.2 Å². The maximum atomic E-state index is 11.8. The van der Waals surface area contributed by atoms with Crippen LogP contribution in [0.5, 0.6) is 0 Å². The molecule has 0 fully saturated rings. The summed E-state index contributed by atoms with van der Waals surface area (Å²) in [6.07, 6.45) is 4.18. The number of hydrogen-bond acceptors (Lipinski definition) is 1. The minimum Gasteiger partial charge on any atom is -0.319 e. The summed E-state index contributed by atoms with van der Waals surface area (Å²) < 4.78 is 0. The van der Waals surface area contributed by atoms with Gasteiger partial charge in [-0.3, -0.25) is 4.79 Å². The van der Waals surface area contributed by atoms with E-state index in [-0.39, 0.29) is 5.91 Å². The van der Waals surface area contributed by atoms with Crippen LogP contribution in [-0.2, 0) is 4.79 Å². The van der Waals surface area contributed by atoms with Crippen molar-refractivity contribution < 1.29 is 4.79 Å². The van der Waals surface area contributed by atoms with Gasteiger partial charge in [-0.25, -0.2) is 0 Å². The largest absolute Gasteiger partial charge is 0.319 e. The van der Waals surface area contributed by atoms with E-state index in [0.717, 1.165) is 16.8 Å². The van der Waals surface area contributed by atoms with Crippen molar-refractivity contribution in [2.75, 3.05) is 7.05 Å². The number of rotatable bonds is 0. The molecule has 0 spiro atoms. The fourth-order valence-corrected chi connectivity index (χ4v) is 1.54. The first-order valence-corrected chi connectivity index (χ1v) is 5.00. The molecule has 2 nitrogen and oxygen atoms in total. The number of allylic oxidation sites excluding steroid dienone is 5. The Hall–Kier alpha value is -1.25. The first-order chi connectivity index (χ1) is 6.91. The van der Waals surface area contributed by atoms with Crippen LogP contribution in [0.2, 0.25) is 0 Å². The highest BCUT2D eigenvalue weighted by Crippen LogP contribution is 2.17. The fraction of sp³-hybridized carbons (Fsp3) is 0.417. The highest BCUT2D eigenvalue weighted by atomic mass is 16.2. The lowest BCUT2D eigenvalue weighted by Gasteiger charge is -2.19. The van der Waals surface area contributed by atoms with E-state index in [0.29, 0.717) is 11.9 Å². The first-order valence-electron chi connectivity index (χ1n) is 5.00. The Balaban J connectivity index is 3.22. The van der Waals surface area contributed by atoms with Crippen LogP contribution in [0.4, 0.5) is 0 Å². The summed E-state index contributed by atoms with van der Waals surface area (Å²) in [5.74, 6) is 0.101. The van der Waals surface area contributed by atoms with Gasteiger partial charge in [-0.05, 0) is 26.3 Å². The lowest BCUT2D eigenvalue weighted by Crippen LogP contribution is -2.25. The van der Waals surface area contributed by atoms with E-state index >= 15 is 0 Å². The normalized spacial score (nSPS) is 24.0. The van der Waals surface area contributed by atoms with Crippen molar-refractivity contribution >= 4 is 13.8 Å². The summed E-state index contributed by atoms with van der Waals surface area (Å²) in [5, 5.41) is 0. The average molecular weight is 201 g/mol. The van der Waals surface area contributed by atoms with Crippen molar-refractivity contribution in [3.63, 3.8) is 0 Å². The molecule has 1 aliphatic rings. The second-order valence-electron chi connectivity index (χ2n) is 4.03. The molecule has 0 saturated carbocycles. The molecule has 0 unspecified atom stereocenters. The van der Waals surface area contributed by atoms with E-state index in [1.807, 2.05) is 32.9 Å². The Kier molecular flexibility index (Phi) is 3.56. The fourth-order valence-electron chi connectivity index (χ4n) is 1.54. The van der Waals surface area contributed by atoms with Gasteiger partial charge in [-0.2, -0.15) is 0 Å². The zero-order valence-corrected chi connectivity index (χ0v) is 9.79. The van der Waals surface area contributed by atoms with Gasteiger partial charge in [0.15, 0.2) is 0 Å². The molecular weight excluding hydrogens is 185 g/mol. The van der Waals surface area contributed by atoms with Crippen LogP contribution in [0, 0.1) is 0 Å². The highest BCUT2D eigenvalue weighted by Gasteiger charge is 2.13. The van der Waals surface area contributed by atoms with E-state index in [1.54, 1.807) is 11.9 Å². The van der Waals surface area contributed by atoms with E-state index in [9.17, 15) is 4.79 Å². The van der Waals surface area contributed by atoms with Crippen LogP contribution in [0.3, 0.4) is 0 Å². The van der Waals surface area contributed by atoms with Gasteiger partial charge in [0.1, 0.15) is 7.85 Å². The van der Waals surface area contributed by atoms with Crippen molar-refractivity contribution in [1.29, 1.82) is 0 Å². The molecule has 15 heavy (non-hydrogen) atoms. The van der Waals surface area contributed by atoms with E-state index in [1.165, 1.54) is 0 Å². The third-order valence-electron chi connectivity index (χ3n) is 2.67. The van der Waals surface area contributed by atoms with Crippen molar-refractivity contribution in [2.24, 2.45) is 0 Å². The minimum absolute atomic E-state index is 0.101. The lowest BCUT2D eigenvalue weighted by atomic mass is 9.91. The SMILES string of the molecule is [B]C1=C/C(C)=C(\C)N(C)C(=O)CC(C)=C1. The summed E-state index contributed by atoms with van der Waals surface area (Å²) in [6.45, 7) is 5.81. The first kappa shape index (κ1) is 11.8. The molecule has 0 aromatic carbocycles. The van der Waals surface area contributed by atoms with Crippen LogP contribution >= 0.6 is 0 Å². The molecular formula is C12H16BNO. The Morgan fingerprint density at radius 1 is 1.27 bits per heavy atom. The van der Waals surface area contributed by atoms with Crippen molar-refractivity contribution in [2.45, 2.75) is 27.2 Å². The standard InChI is InChI=1S/C12H16BNO/c1-8-5-11(13)7-9(2)10(3)14(4)12(15)6-8/h5,7H,6H2,1-4H3/b8-5?,10-9+,11-7?.